The molecule has 0 atom stereocenters. The topological polar surface area (TPSA) is 62.6 Å². The van der Waals surface area contributed by atoms with Crippen LogP contribution in [0, 0.1) is 13.8 Å². The van der Waals surface area contributed by atoms with Crippen LogP contribution in [-0.2, 0) is 0 Å². The highest BCUT2D eigenvalue weighted by atomic mass is 16.3. The molecule has 0 unspecified atom stereocenters. The van der Waals surface area contributed by atoms with E-state index in [9.17, 15) is 9.90 Å². The van der Waals surface area contributed by atoms with Gasteiger partial charge in [-0.05, 0) is 31.5 Å². The number of carbonyl (C=O) groups is 1. The fraction of sp³-hybridized carbons (Fsp3) is 0.118. The van der Waals surface area contributed by atoms with Crippen molar-refractivity contribution in [2.24, 2.45) is 4.99 Å². The van der Waals surface area contributed by atoms with Gasteiger partial charge in [0.2, 0.25) is 0 Å². The van der Waals surface area contributed by atoms with E-state index >= 15 is 0 Å². The lowest BCUT2D eigenvalue weighted by molar-refractivity contribution is 0.104. The monoisotopic (exact) mass is 278 g/mol. The van der Waals surface area contributed by atoms with E-state index in [4.69, 9.17) is 0 Å². The van der Waals surface area contributed by atoms with E-state index in [2.05, 4.69) is 9.98 Å². The van der Waals surface area contributed by atoms with Gasteiger partial charge in [0.25, 0.3) is 0 Å². The van der Waals surface area contributed by atoms with E-state index in [1.165, 1.54) is 6.21 Å². The molecule has 1 heterocycles. The third-order valence-corrected chi connectivity index (χ3v) is 3.34. The number of aliphatic hydroxyl groups is 1. The number of pyridine rings is 1. The van der Waals surface area contributed by atoms with E-state index in [-0.39, 0.29) is 17.1 Å². The van der Waals surface area contributed by atoms with Gasteiger partial charge in [-0.25, -0.2) is 9.98 Å². The number of hydrogen-bond donors (Lipinski definition) is 1. The molecule has 1 aliphatic carbocycles. The molecule has 21 heavy (non-hydrogen) atoms. The molecule has 4 nitrogen and oxygen atoms in total. The molecule has 1 aromatic heterocycles. The minimum absolute atomic E-state index is 0.0243. The normalized spacial score (nSPS) is 14.1. The summed E-state index contributed by atoms with van der Waals surface area (Å²) in [6.07, 6.45) is 1.39. The van der Waals surface area contributed by atoms with Gasteiger partial charge in [0.05, 0.1) is 5.57 Å². The van der Waals surface area contributed by atoms with Crippen LogP contribution in [0.3, 0.4) is 0 Å². The summed E-state index contributed by atoms with van der Waals surface area (Å²) in [6.45, 7) is 3.85. The molecule has 104 valence electrons. The zero-order valence-electron chi connectivity index (χ0n) is 11.8. The number of aromatic nitrogens is 1. The minimum atomic E-state index is -0.212. The van der Waals surface area contributed by atoms with Crippen LogP contribution in [0.25, 0.3) is 5.76 Å². The molecule has 0 saturated heterocycles. The van der Waals surface area contributed by atoms with Gasteiger partial charge in [-0.15, -0.1) is 0 Å². The summed E-state index contributed by atoms with van der Waals surface area (Å²) in [4.78, 5) is 20.7. The first-order valence-corrected chi connectivity index (χ1v) is 6.63. The third kappa shape index (κ3) is 2.36. The second-order valence-corrected chi connectivity index (χ2v) is 5.04. The van der Waals surface area contributed by atoms with Crippen molar-refractivity contribution in [2.75, 3.05) is 0 Å². The number of rotatable bonds is 2. The molecule has 4 heteroatoms. The third-order valence-electron chi connectivity index (χ3n) is 3.34. The van der Waals surface area contributed by atoms with Crippen molar-refractivity contribution >= 4 is 23.6 Å². The van der Waals surface area contributed by atoms with Crippen molar-refractivity contribution in [3.63, 3.8) is 0 Å². The Kier molecular flexibility index (Phi) is 3.14. The molecule has 0 amide bonds. The van der Waals surface area contributed by atoms with Crippen LogP contribution in [0.1, 0.15) is 27.2 Å². The van der Waals surface area contributed by atoms with Gasteiger partial charge in [-0.2, -0.15) is 0 Å². The van der Waals surface area contributed by atoms with Crippen molar-refractivity contribution in [3.8, 4) is 0 Å². The molecule has 1 aliphatic rings. The summed E-state index contributed by atoms with van der Waals surface area (Å²) < 4.78 is 0. The number of benzene rings is 1. The lowest BCUT2D eigenvalue weighted by Gasteiger charge is -1.99. The molecule has 0 spiro atoms. The second kappa shape index (κ2) is 4.98. The molecule has 2 aromatic rings. The van der Waals surface area contributed by atoms with Gasteiger partial charge in [-0.3, -0.25) is 4.79 Å². The molecule has 0 saturated carbocycles. The fourth-order valence-corrected chi connectivity index (χ4v) is 2.42. The van der Waals surface area contributed by atoms with Crippen LogP contribution in [0.15, 0.2) is 47.0 Å². The van der Waals surface area contributed by atoms with Gasteiger partial charge in [0.15, 0.2) is 11.6 Å². The molecule has 1 N–H and O–H groups in total. The number of fused-ring (bicyclic) bond motifs is 1. The summed E-state index contributed by atoms with van der Waals surface area (Å²) in [5.74, 6) is 0.288. The van der Waals surface area contributed by atoms with Crippen molar-refractivity contribution in [1.29, 1.82) is 0 Å². The predicted molar refractivity (Wildman–Crippen MR) is 82.2 cm³/mol. The van der Waals surface area contributed by atoms with Crippen molar-refractivity contribution in [2.45, 2.75) is 13.8 Å². The molecule has 0 fully saturated rings. The zero-order chi connectivity index (χ0) is 15.0. The molecule has 1 aromatic carbocycles. The summed E-state index contributed by atoms with van der Waals surface area (Å²) in [7, 11) is 0. The summed E-state index contributed by atoms with van der Waals surface area (Å²) in [5, 5.41) is 10.1. The van der Waals surface area contributed by atoms with Crippen LogP contribution in [0.4, 0.5) is 5.82 Å². The molecule has 3 rings (SSSR count). The predicted octanol–water partition coefficient (Wildman–Crippen LogP) is 3.57. The Morgan fingerprint density at radius 3 is 2.52 bits per heavy atom. The summed E-state index contributed by atoms with van der Waals surface area (Å²) in [5.41, 5.74) is 3.18. The molecule has 0 aliphatic heterocycles. The Morgan fingerprint density at radius 2 is 1.86 bits per heavy atom. The highest BCUT2D eigenvalue weighted by molar-refractivity contribution is 6.30. The average molecular weight is 278 g/mol. The smallest absolute Gasteiger partial charge is 0.199 e. The maximum Gasteiger partial charge on any atom is 0.199 e. The first kappa shape index (κ1) is 13.2. The standard InChI is InChI=1S/C17H14N2O2/c1-10-7-11(2)19-15(8-10)18-9-14-16(20)12-5-3-4-6-13(12)17(14)21/h3-9,20H,1-2H3/b18-9+. The first-order valence-electron chi connectivity index (χ1n) is 6.63. The van der Waals surface area contributed by atoms with E-state index in [1.54, 1.807) is 24.3 Å². The number of Topliss-reactive ketones (excluding diaryl/α,β-unsaturated/α-hetero) is 1. The summed E-state index contributed by atoms with van der Waals surface area (Å²) >= 11 is 0. The Bertz CT molecular complexity index is 784. The van der Waals surface area contributed by atoms with Gasteiger partial charge < -0.3 is 5.11 Å². The number of ketones is 1. The minimum Gasteiger partial charge on any atom is -0.506 e. The van der Waals surface area contributed by atoms with E-state index in [0.29, 0.717) is 16.9 Å². The Labute approximate surface area is 122 Å². The van der Waals surface area contributed by atoms with Crippen LogP contribution >= 0.6 is 0 Å². The van der Waals surface area contributed by atoms with Gasteiger partial charge in [0.1, 0.15) is 5.76 Å². The van der Waals surface area contributed by atoms with Gasteiger partial charge in [-0.1, -0.05) is 24.3 Å². The number of hydrogen-bond acceptors (Lipinski definition) is 4. The van der Waals surface area contributed by atoms with Crippen molar-refractivity contribution in [1.82, 2.24) is 4.98 Å². The Balaban J connectivity index is 1.98. The van der Waals surface area contributed by atoms with E-state index in [0.717, 1.165) is 11.3 Å². The molecule has 0 radical (unpaired) electrons. The number of nitrogens with zero attached hydrogens (tertiary/aromatic N) is 2. The largest absolute Gasteiger partial charge is 0.506 e. The highest BCUT2D eigenvalue weighted by Gasteiger charge is 2.27. The Morgan fingerprint density at radius 1 is 1.14 bits per heavy atom. The second-order valence-electron chi connectivity index (χ2n) is 5.04. The van der Waals surface area contributed by atoms with Crippen LogP contribution in [0.2, 0.25) is 0 Å². The lowest BCUT2D eigenvalue weighted by Crippen LogP contribution is -1.99. The van der Waals surface area contributed by atoms with E-state index < -0.39 is 0 Å². The Hall–Kier alpha value is -2.75. The van der Waals surface area contributed by atoms with Crippen molar-refractivity contribution in [3.05, 3.63) is 64.4 Å². The van der Waals surface area contributed by atoms with Crippen LogP contribution in [0.5, 0.6) is 0 Å². The van der Waals surface area contributed by atoms with E-state index in [1.807, 2.05) is 26.0 Å². The number of aliphatic imine (C=N–C) groups is 1. The maximum absolute atomic E-state index is 12.2. The molecule has 0 bridgehead atoms. The highest BCUT2D eigenvalue weighted by Crippen LogP contribution is 2.30. The number of carbonyl (C=O) groups excluding carboxylic acids is 1. The molecular formula is C17H14N2O2. The van der Waals surface area contributed by atoms with Gasteiger partial charge >= 0.3 is 0 Å². The number of aliphatic hydroxyl groups excluding tert-OH is 1. The quantitative estimate of drug-likeness (QED) is 0.854. The van der Waals surface area contributed by atoms with Gasteiger partial charge in [0, 0.05) is 23.0 Å². The number of aryl methyl sites for hydroxylation is 2. The summed E-state index contributed by atoms with van der Waals surface area (Å²) in [6, 6.07) is 10.8. The first-order chi connectivity index (χ1) is 10.1. The maximum atomic E-state index is 12.2. The van der Waals surface area contributed by atoms with Crippen LogP contribution < -0.4 is 0 Å². The zero-order valence-corrected chi connectivity index (χ0v) is 11.8. The van der Waals surface area contributed by atoms with Crippen molar-refractivity contribution < 1.29 is 9.90 Å². The SMILES string of the molecule is Cc1cc(C)nc(/N=C/C2=C(O)c3ccccc3C2=O)c1. The molecular weight excluding hydrogens is 264 g/mol. The fourth-order valence-electron chi connectivity index (χ4n) is 2.42. The number of allylic oxidation sites excluding steroid dienone is 1. The lowest BCUT2D eigenvalue weighted by atomic mass is 10.1. The van der Waals surface area contributed by atoms with Crippen LogP contribution in [-0.4, -0.2) is 22.1 Å². The average Bonchev–Trinajstić information content (AvgIpc) is 2.69.